The van der Waals surface area contributed by atoms with Gasteiger partial charge in [-0.3, -0.25) is 13.9 Å². The molecule has 0 spiro atoms. The van der Waals surface area contributed by atoms with Crippen LogP contribution in [-0.4, -0.2) is 46.0 Å². The highest BCUT2D eigenvalue weighted by atomic mass is 35.5. The summed E-state index contributed by atoms with van der Waals surface area (Å²) in [5.41, 5.74) is 0.719. The normalized spacial score (nSPS) is 15.2. The first kappa shape index (κ1) is 26.9. The summed E-state index contributed by atoms with van der Waals surface area (Å²) < 4.78 is 33.5. The highest BCUT2D eigenvalue weighted by Gasteiger charge is 2.28. The summed E-state index contributed by atoms with van der Waals surface area (Å²) in [5, 5.41) is 6.19. The van der Waals surface area contributed by atoms with Gasteiger partial charge in [-0.15, -0.1) is 0 Å². The molecule has 0 aromatic heterocycles. The highest BCUT2D eigenvalue weighted by molar-refractivity contribution is 7.92. The Morgan fingerprint density at radius 2 is 1.73 bits per heavy atom. The zero-order chi connectivity index (χ0) is 26.4. The minimum Gasteiger partial charge on any atom is -0.376 e. The van der Waals surface area contributed by atoms with Gasteiger partial charge in [0.1, 0.15) is 6.54 Å². The van der Waals surface area contributed by atoms with Crippen LogP contribution in [0.25, 0.3) is 0 Å². The number of benzene rings is 3. The SMILES string of the molecule is O=C(CN(c1cccc(Cl)c1)S(=O)(=O)c1ccc(Cl)cc1)Nc1ccccc1C(=O)NC[C@@H]1CCCO1. The lowest BCUT2D eigenvalue weighted by Gasteiger charge is -2.24. The van der Waals surface area contributed by atoms with Crippen molar-refractivity contribution in [2.45, 2.75) is 23.8 Å². The molecule has 2 amide bonds. The summed E-state index contributed by atoms with van der Waals surface area (Å²) in [6.45, 7) is 0.482. The van der Waals surface area contributed by atoms with E-state index in [1.165, 1.54) is 30.3 Å². The van der Waals surface area contributed by atoms with E-state index in [0.29, 0.717) is 23.2 Å². The number of ether oxygens (including phenoxy) is 1. The highest BCUT2D eigenvalue weighted by Crippen LogP contribution is 2.27. The van der Waals surface area contributed by atoms with Gasteiger partial charge in [-0.1, -0.05) is 41.4 Å². The molecule has 4 rings (SSSR count). The Bertz CT molecular complexity index is 1380. The maximum absolute atomic E-state index is 13.5. The predicted octanol–water partition coefficient (Wildman–Crippen LogP) is 4.74. The number of amides is 2. The molecule has 0 bridgehead atoms. The van der Waals surface area contributed by atoms with Gasteiger partial charge < -0.3 is 15.4 Å². The van der Waals surface area contributed by atoms with Gasteiger partial charge in [0, 0.05) is 23.2 Å². The van der Waals surface area contributed by atoms with E-state index in [-0.39, 0.29) is 33.8 Å². The molecule has 194 valence electrons. The number of rotatable bonds is 9. The van der Waals surface area contributed by atoms with Gasteiger partial charge >= 0.3 is 0 Å². The van der Waals surface area contributed by atoms with Crippen molar-refractivity contribution in [2.75, 3.05) is 29.3 Å². The fourth-order valence-electron chi connectivity index (χ4n) is 3.90. The number of halogens is 2. The third kappa shape index (κ3) is 6.81. The molecule has 37 heavy (non-hydrogen) atoms. The molecule has 11 heteroatoms. The van der Waals surface area contributed by atoms with E-state index in [1.807, 2.05) is 0 Å². The molecule has 1 aliphatic rings. The zero-order valence-electron chi connectivity index (χ0n) is 19.7. The molecular formula is C26H25Cl2N3O5S. The number of hydrogen-bond acceptors (Lipinski definition) is 5. The average Bonchev–Trinajstić information content (AvgIpc) is 3.40. The lowest BCUT2D eigenvalue weighted by molar-refractivity contribution is -0.114. The van der Waals surface area contributed by atoms with Gasteiger partial charge in [-0.2, -0.15) is 0 Å². The van der Waals surface area contributed by atoms with Crippen molar-refractivity contribution in [3.05, 3.63) is 88.4 Å². The number of nitrogens with zero attached hydrogens (tertiary/aromatic N) is 1. The molecule has 2 N–H and O–H groups in total. The number of hydrogen-bond donors (Lipinski definition) is 2. The minimum absolute atomic E-state index is 0.0324. The van der Waals surface area contributed by atoms with Crippen LogP contribution in [0, 0.1) is 0 Å². The molecule has 8 nitrogen and oxygen atoms in total. The molecule has 1 heterocycles. The summed E-state index contributed by atoms with van der Waals surface area (Å²) in [7, 11) is -4.16. The molecule has 0 saturated carbocycles. The van der Waals surface area contributed by atoms with Crippen molar-refractivity contribution < 1.29 is 22.7 Å². The van der Waals surface area contributed by atoms with Gasteiger partial charge in [-0.25, -0.2) is 8.42 Å². The van der Waals surface area contributed by atoms with E-state index in [4.69, 9.17) is 27.9 Å². The van der Waals surface area contributed by atoms with Gasteiger partial charge in [0.15, 0.2) is 0 Å². The van der Waals surface area contributed by atoms with Crippen LogP contribution in [0.5, 0.6) is 0 Å². The Balaban J connectivity index is 1.55. The van der Waals surface area contributed by atoms with Crippen molar-refractivity contribution >= 4 is 56.4 Å². The third-order valence-corrected chi connectivity index (χ3v) is 8.02. The molecule has 1 fully saturated rings. The fraction of sp³-hybridized carbons (Fsp3) is 0.231. The quantitative estimate of drug-likeness (QED) is 0.392. The van der Waals surface area contributed by atoms with Crippen LogP contribution in [0.4, 0.5) is 11.4 Å². The van der Waals surface area contributed by atoms with E-state index in [1.54, 1.807) is 42.5 Å². The lowest BCUT2D eigenvalue weighted by Crippen LogP contribution is -2.38. The van der Waals surface area contributed by atoms with Gasteiger partial charge in [0.25, 0.3) is 15.9 Å². The summed E-state index contributed by atoms with van der Waals surface area (Å²) in [5.74, 6) is -1.01. The Kier molecular flexibility index (Phi) is 8.71. The maximum Gasteiger partial charge on any atom is 0.264 e. The predicted molar refractivity (Wildman–Crippen MR) is 144 cm³/mol. The second-order valence-electron chi connectivity index (χ2n) is 8.38. The number of carbonyl (C=O) groups is 2. The largest absolute Gasteiger partial charge is 0.376 e. The van der Waals surface area contributed by atoms with Crippen LogP contribution in [-0.2, 0) is 19.6 Å². The van der Waals surface area contributed by atoms with Crippen molar-refractivity contribution in [1.82, 2.24) is 5.32 Å². The van der Waals surface area contributed by atoms with Crippen molar-refractivity contribution in [3.8, 4) is 0 Å². The van der Waals surface area contributed by atoms with E-state index >= 15 is 0 Å². The Morgan fingerprint density at radius 1 is 0.973 bits per heavy atom. The lowest BCUT2D eigenvalue weighted by atomic mass is 10.1. The second kappa shape index (κ2) is 12.0. The Hall–Kier alpha value is -3.11. The molecule has 3 aromatic rings. The number of nitrogens with one attached hydrogen (secondary N) is 2. The van der Waals surface area contributed by atoms with Gasteiger partial charge in [0.05, 0.1) is 27.9 Å². The van der Waals surface area contributed by atoms with Crippen LogP contribution in [0.3, 0.4) is 0 Å². The van der Waals surface area contributed by atoms with Crippen LogP contribution >= 0.6 is 23.2 Å². The van der Waals surface area contributed by atoms with Crippen molar-refractivity contribution in [1.29, 1.82) is 0 Å². The molecule has 1 atom stereocenters. The van der Waals surface area contributed by atoms with Gasteiger partial charge in [0.2, 0.25) is 5.91 Å². The van der Waals surface area contributed by atoms with Crippen LogP contribution < -0.4 is 14.9 Å². The summed E-state index contributed by atoms with van der Waals surface area (Å²) >= 11 is 12.0. The zero-order valence-corrected chi connectivity index (χ0v) is 22.0. The third-order valence-electron chi connectivity index (χ3n) is 5.75. The van der Waals surface area contributed by atoms with Crippen LogP contribution in [0.1, 0.15) is 23.2 Å². The van der Waals surface area contributed by atoms with E-state index in [2.05, 4.69) is 10.6 Å². The number of para-hydroxylation sites is 1. The van der Waals surface area contributed by atoms with Gasteiger partial charge in [-0.05, 0) is 67.4 Å². The maximum atomic E-state index is 13.5. The first-order valence-corrected chi connectivity index (χ1v) is 13.8. The minimum atomic E-state index is -4.16. The topological polar surface area (TPSA) is 105 Å². The Morgan fingerprint density at radius 3 is 2.43 bits per heavy atom. The van der Waals surface area contributed by atoms with E-state index in [9.17, 15) is 18.0 Å². The van der Waals surface area contributed by atoms with E-state index < -0.39 is 22.5 Å². The number of sulfonamides is 1. The average molecular weight is 562 g/mol. The number of carbonyl (C=O) groups excluding carboxylic acids is 2. The summed E-state index contributed by atoms with van der Waals surface area (Å²) in [6, 6.07) is 18.3. The Labute approximate surface area is 225 Å². The molecule has 0 unspecified atom stereocenters. The van der Waals surface area contributed by atoms with Crippen molar-refractivity contribution in [3.63, 3.8) is 0 Å². The molecule has 1 saturated heterocycles. The molecule has 3 aromatic carbocycles. The monoisotopic (exact) mass is 561 g/mol. The molecule has 0 aliphatic carbocycles. The summed E-state index contributed by atoms with van der Waals surface area (Å²) in [6.07, 6.45) is 1.80. The first-order chi connectivity index (χ1) is 17.7. The standard InChI is InChI=1S/C26H25Cl2N3O5S/c27-18-10-12-22(13-11-18)37(34,35)31(20-6-3-5-19(28)15-20)17-25(32)30-24-9-2-1-8-23(24)26(33)29-16-21-7-4-14-36-21/h1-3,5-6,8-13,15,21H,4,7,14,16-17H2,(H,29,33)(H,30,32)/t21-/m0/s1. The smallest absolute Gasteiger partial charge is 0.264 e. The summed E-state index contributed by atoms with van der Waals surface area (Å²) in [4.78, 5) is 25.9. The van der Waals surface area contributed by atoms with E-state index in [0.717, 1.165) is 17.1 Å². The fourth-order valence-corrected chi connectivity index (χ4v) is 5.62. The van der Waals surface area contributed by atoms with Crippen LogP contribution in [0.2, 0.25) is 10.0 Å². The first-order valence-electron chi connectivity index (χ1n) is 11.6. The van der Waals surface area contributed by atoms with Crippen LogP contribution in [0.15, 0.2) is 77.7 Å². The van der Waals surface area contributed by atoms with Crippen molar-refractivity contribution in [2.24, 2.45) is 0 Å². The number of anilines is 2. The molecular weight excluding hydrogens is 537 g/mol. The second-order valence-corrected chi connectivity index (χ2v) is 11.1. The molecule has 0 radical (unpaired) electrons. The molecule has 1 aliphatic heterocycles.